The highest BCUT2D eigenvalue weighted by Gasteiger charge is 2.07. The van der Waals surface area contributed by atoms with E-state index in [1.807, 2.05) is 0 Å². The molecule has 1 N–H and O–H groups in total. The minimum atomic E-state index is 0.640. The Kier molecular flexibility index (Phi) is 10.3. The van der Waals surface area contributed by atoms with Gasteiger partial charge in [0, 0.05) is 19.8 Å². The average molecular weight is 216 g/mol. The van der Waals surface area contributed by atoms with Crippen molar-refractivity contribution in [3.05, 3.63) is 0 Å². The number of ether oxygens (including phenoxy) is 1. The van der Waals surface area contributed by atoms with Crippen LogP contribution in [0.15, 0.2) is 0 Å². The highest BCUT2D eigenvalue weighted by Crippen LogP contribution is 2.03. The summed E-state index contributed by atoms with van der Waals surface area (Å²) in [6.07, 6.45) is 3.60. The first-order chi connectivity index (χ1) is 7.28. The van der Waals surface area contributed by atoms with Crippen molar-refractivity contribution in [2.24, 2.45) is 0 Å². The molecule has 0 aliphatic carbocycles. The molecule has 0 spiro atoms. The van der Waals surface area contributed by atoms with Crippen molar-refractivity contribution >= 4 is 0 Å². The van der Waals surface area contributed by atoms with Crippen molar-refractivity contribution in [1.82, 2.24) is 10.2 Å². The Morgan fingerprint density at radius 3 is 2.33 bits per heavy atom. The van der Waals surface area contributed by atoms with Crippen molar-refractivity contribution in [3.8, 4) is 0 Å². The third-order valence-corrected chi connectivity index (χ3v) is 3.00. The quantitative estimate of drug-likeness (QED) is 0.563. The topological polar surface area (TPSA) is 24.5 Å². The van der Waals surface area contributed by atoms with Gasteiger partial charge in [-0.3, -0.25) is 0 Å². The van der Waals surface area contributed by atoms with Crippen LogP contribution in [0.2, 0.25) is 0 Å². The normalized spacial score (nSPS) is 13.4. The van der Waals surface area contributed by atoms with Crippen molar-refractivity contribution in [3.63, 3.8) is 0 Å². The van der Waals surface area contributed by atoms with Crippen LogP contribution < -0.4 is 5.32 Å². The predicted molar refractivity (Wildman–Crippen MR) is 66.4 cm³/mol. The van der Waals surface area contributed by atoms with Gasteiger partial charge in [-0.1, -0.05) is 13.8 Å². The molecule has 0 aromatic carbocycles. The smallest absolute Gasteiger partial charge is 0.0462 e. The third-order valence-electron chi connectivity index (χ3n) is 3.00. The lowest BCUT2D eigenvalue weighted by Crippen LogP contribution is -2.32. The monoisotopic (exact) mass is 216 g/mol. The standard InChI is InChI=1S/C12H28N2O/c1-5-14(6-2)10-9-12(13-3)8-7-11-15-4/h12-13H,5-11H2,1-4H3. The van der Waals surface area contributed by atoms with E-state index in [2.05, 4.69) is 31.1 Å². The van der Waals surface area contributed by atoms with Crippen LogP contribution in [-0.4, -0.2) is 51.3 Å². The first-order valence-electron chi connectivity index (χ1n) is 6.16. The number of hydrogen-bond donors (Lipinski definition) is 1. The van der Waals surface area contributed by atoms with E-state index < -0.39 is 0 Å². The molecule has 0 aliphatic heterocycles. The molecule has 0 aromatic heterocycles. The lowest BCUT2D eigenvalue weighted by atomic mass is 10.1. The number of methoxy groups -OCH3 is 1. The Hall–Kier alpha value is -0.120. The van der Waals surface area contributed by atoms with E-state index in [4.69, 9.17) is 4.74 Å². The SMILES string of the molecule is CCN(CC)CCC(CCCOC)NC. The minimum Gasteiger partial charge on any atom is -0.385 e. The molecule has 0 amide bonds. The first kappa shape index (κ1) is 14.9. The fourth-order valence-corrected chi connectivity index (χ4v) is 1.79. The highest BCUT2D eigenvalue weighted by molar-refractivity contribution is 4.67. The summed E-state index contributed by atoms with van der Waals surface area (Å²) in [6.45, 7) is 8.84. The van der Waals surface area contributed by atoms with Crippen LogP contribution in [0.3, 0.4) is 0 Å². The molecule has 92 valence electrons. The first-order valence-corrected chi connectivity index (χ1v) is 6.16. The predicted octanol–water partition coefficient (Wildman–Crippen LogP) is 1.73. The molecule has 15 heavy (non-hydrogen) atoms. The molecule has 3 heteroatoms. The Morgan fingerprint density at radius 1 is 1.20 bits per heavy atom. The zero-order valence-corrected chi connectivity index (χ0v) is 10.9. The molecular formula is C12H28N2O. The van der Waals surface area contributed by atoms with Crippen LogP contribution >= 0.6 is 0 Å². The van der Waals surface area contributed by atoms with Crippen molar-refractivity contribution in [2.75, 3.05) is 40.4 Å². The maximum absolute atomic E-state index is 5.07. The van der Waals surface area contributed by atoms with Gasteiger partial charge in [0.1, 0.15) is 0 Å². The second-order valence-electron chi connectivity index (χ2n) is 3.94. The Morgan fingerprint density at radius 2 is 1.87 bits per heavy atom. The zero-order chi connectivity index (χ0) is 11.5. The van der Waals surface area contributed by atoms with Crippen LogP contribution in [0.1, 0.15) is 33.1 Å². The van der Waals surface area contributed by atoms with Gasteiger partial charge in [-0.15, -0.1) is 0 Å². The van der Waals surface area contributed by atoms with Gasteiger partial charge >= 0.3 is 0 Å². The second kappa shape index (κ2) is 10.4. The molecule has 0 rings (SSSR count). The molecule has 0 heterocycles. The molecule has 1 unspecified atom stereocenters. The fraction of sp³-hybridized carbons (Fsp3) is 1.00. The van der Waals surface area contributed by atoms with Gasteiger partial charge in [-0.05, 0) is 45.9 Å². The van der Waals surface area contributed by atoms with Crippen LogP contribution in [0.5, 0.6) is 0 Å². The molecule has 0 bridgehead atoms. The summed E-state index contributed by atoms with van der Waals surface area (Å²) in [7, 11) is 3.82. The van der Waals surface area contributed by atoms with Gasteiger partial charge in [0.25, 0.3) is 0 Å². The van der Waals surface area contributed by atoms with Gasteiger partial charge in [-0.25, -0.2) is 0 Å². The fourth-order valence-electron chi connectivity index (χ4n) is 1.79. The number of hydrogen-bond acceptors (Lipinski definition) is 3. The van der Waals surface area contributed by atoms with E-state index >= 15 is 0 Å². The Labute approximate surface area is 95.2 Å². The lowest BCUT2D eigenvalue weighted by Gasteiger charge is -2.22. The van der Waals surface area contributed by atoms with E-state index in [1.165, 1.54) is 19.4 Å². The van der Waals surface area contributed by atoms with E-state index in [1.54, 1.807) is 7.11 Å². The maximum Gasteiger partial charge on any atom is 0.0462 e. The van der Waals surface area contributed by atoms with Gasteiger partial charge in [0.05, 0.1) is 0 Å². The summed E-state index contributed by atoms with van der Waals surface area (Å²) in [4.78, 5) is 2.47. The maximum atomic E-state index is 5.07. The van der Waals surface area contributed by atoms with Crippen LogP contribution in [0, 0.1) is 0 Å². The zero-order valence-electron chi connectivity index (χ0n) is 10.9. The Bertz CT molecular complexity index is 127. The molecule has 1 atom stereocenters. The molecular weight excluding hydrogens is 188 g/mol. The van der Waals surface area contributed by atoms with Gasteiger partial charge < -0.3 is 15.0 Å². The van der Waals surface area contributed by atoms with E-state index in [9.17, 15) is 0 Å². The van der Waals surface area contributed by atoms with Gasteiger partial charge in [0.15, 0.2) is 0 Å². The summed E-state index contributed by atoms with van der Waals surface area (Å²) in [5, 5.41) is 3.38. The molecule has 0 fully saturated rings. The molecule has 0 aliphatic rings. The van der Waals surface area contributed by atoms with Gasteiger partial charge in [-0.2, -0.15) is 0 Å². The van der Waals surface area contributed by atoms with Crippen molar-refractivity contribution < 1.29 is 4.74 Å². The largest absolute Gasteiger partial charge is 0.385 e. The summed E-state index contributed by atoms with van der Waals surface area (Å²) in [6, 6.07) is 0.640. The molecule has 3 nitrogen and oxygen atoms in total. The highest BCUT2D eigenvalue weighted by atomic mass is 16.5. The van der Waals surface area contributed by atoms with Crippen molar-refractivity contribution in [1.29, 1.82) is 0 Å². The van der Waals surface area contributed by atoms with Gasteiger partial charge in [0.2, 0.25) is 0 Å². The summed E-state index contributed by atoms with van der Waals surface area (Å²) in [5.74, 6) is 0. The Balaban J connectivity index is 3.59. The number of nitrogens with zero attached hydrogens (tertiary/aromatic N) is 1. The molecule has 0 radical (unpaired) electrons. The van der Waals surface area contributed by atoms with Crippen LogP contribution in [-0.2, 0) is 4.74 Å². The molecule has 0 saturated heterocycles. The third kappa shape index (κ3) is 7.77. The summed E-state index contributed by atoms with van der Waals surface area (Å²) in [5.41, 5.74) is 0. The van der Waals surface area contributed by atoms with Crippen LogP contribution in [0.4, 0.5) is 0 Å². The molecule has 0 saturated carbocycles. The summed E-state index contributed by atoms with van der Waals surface area (Å²) >= 11 is 0. The molecule has 0 aromatic rings. The van der Waals surface area contributed by atoms with Crippen molar-refractivity contribution in [2.45, 2.75) is 39.2 Å². The van der Waals surface area contributed by atoms with Crippen LogP contribution in [0.25, 0.3) is 0 Å². The second-order valence-corrected chi connectivity index (χ2v) is 3.94. The lowest BCUT2D eigenvalue weighted by molar-refractivity contribution is 0.186. The summed E-state index contributed by atoms with van der Waals surface area (Å²) < 4.78 is 5.07. The van der Waals surface area contributed by atoms with E-state index in [-0.39, 0.29) is 0 Å². The van der Waals surface area contributed by atoms with E-state index in [0.29, 0.717) is 6.04 Å². The number of rotatable bonds is 10. The van der Waals surface area contributed by atoms with E-state index in [0.717, 1.165) is 26.1 Å². The minimum absolute atomic E-state index is 0.640. The number of nitrogens with one attached hydrogen (secondary N) is 1. The average Bonchev–Trinajstić information content (AvgIpc) is 2.28.